The number of Topliss-reactive ketones (excluding diaryl/α,β-unsaturated/α-hetero) is 1. The molecule has 3 rings (SSSR count). The third-order valence-electron chi connectivity index (χ3n) is 4.16. The molecule has 3 heterocycles. The number of thiophene rings is 1. The van der Waals surface area contributed by atoms with Crippen LogP contribution in [0.25, 0.3) is 10.2 Å². The molecule has 0 spiro atoms. The van der Waals surface area contributed by atoms with E-state index >= 15 is 0 Å². The van der Waals surface area contributed by atoms with Crippen molar-refractivity contribution in [1.29, 1.82) is 0 Å². The Bertz CT molecular complexity index is 1070. The lowest BCUT2D eigenvalue weighted by molar-refractivity contribution is -0.145. The number of rotatable bonds is 8. The summed E-state index contributed by atoms with van der Waals surface area (Å²) in [5, 5.41) is 1.02. The van der Waals surface area contributed by atoms with Crippen molar-refractivity contribution in [2.45, 2.75) is 38.9 Å². The highest BCUT2D eigenvalue weighted by Gasteiger charge is 2.19. The maximum absolute atomic E-state index is 13.1. The van der Waals surface area contributed by atoms with Gasteiger partial charge in [0.1, 0.15) is 17.0 Å². The van der Waals surface area contributed by atoms with Crippen LogP contribution in [0, 0.1) is 13.8 Å². The quantitative estimate of drug-likeness (QED) is 0.239. The second-order valence-corrected chi connectivity index (χ2v) is 8.28. The summed E-state index contributed by atoms with van der Waals surface area (Å²) in [6.07, 6.45) is 1.25. The molecule has 0 unspecified atom stereocenters. The van der Waals surface area contributed by atoms with Gasteiger partial charge in [0, 0.05) is 4.88 Å². The monoisotopic (exact) mass is 420 g/mol. The minimum atomic E-state index is -0.547. The van der Waals surface area contributed by atoms with Crippen molar-refractivity contribution in [1.82, 2.24) is 9.55 Å². The van der Waals surface area contributed by atoms with Crippen molar-refractivity contribution in [2.24, 2.45) is 0 Å². The molecule has 9 heteroatoms. The number of aryl methyl sites for hydroxylation is 2. The zero-order chi connectivity index (χ0) is 20.3. The van der Waals surface area contributed by atoms with E-state index in [0.717, 1.165) is 22.2 Å². The molecule has 0 bridgehead atoms. The molecule has 148 valence electrons. The summed E-state index contributed by atoms with van der Waals surface area (Å²) < 4.78 is 11.7. The maximum Gasteiger partial charge on any atom is 0.313 e. The Morgan fingerprint density at radius 1 is 1.36 bits per heavy atom. The van der Waals surface area contributed by atoms with Crippen molar-refractivity contribution >= 4 is 45.1 Å². The lowest BCUT2D eigenvalue weighted by Gasteiger charge is -2.11. The Morgan fingerprint density at radius 2 is 2.14 bits per heavy atom. The predicted octanol–water partition coefficient (Wildman–Crippen LogP) is 3.33. The number of carbonyl (C=O) groups is 2. The van der Waals surface area contributed by atoms with E-state index in [1.807, 2.05) is 13.8 Å². The van der Waals surface area contributed by atoms with E-state index in [-0.39, 0.29) is 36.7 Å². The second-order valence-electron chi connectivity index (χ2n) is 6.14. The fraction of sp³-hybridized carbons (Fsp3) is 0.368. The first-order valence-corrected chi connectivity index (χ1v) is 10.5. The van der Waals surface area contributed by atoms with Crippen LogP contribution < -0.4 is 5.56 Å². The number of hydrogen-bond acceptors (Lipinski definition) is 8. The van der Waals surface area contributed by atoms with Crippen molar-refractivity contribution in [3.8, 4) is 0 Å². The van der Waals surface area contributed by atoms with Crippen molar-refractivity contribution < 1.29 is 18.7 Å². The van der Waals surface area contributed by atoms with Crippen LogP contribution in [0.1, 0.15) is 29.5 Å². The number of furan rings is 1. The molecule has 0 aliphatic heterocycles. The fourth-order valence-electron chi connectivity index (χ4n) is 2.69. The summed E-state index contributed by atoms with van der Waals surface area (Å²) in [7, 11) is 0. The van der Waals surface area contributed by atoms with Gasteiger partial charge in [0.15, 0.2) is 10.9 Å². The van der Waals surface area contributed by atoms with Crippen LogP contribution in [0.15, 0.2) is 32.8 Å². The van der Waals surface area contributed by atoms with Crippen LogP contribution >= 0.6 is 23.1 Å². The third-order valence-corrected chi connectivity index (χ3v) is 6.29. The zero-order valence-corrected chi connectivity index (χ0v) is 17.4. The molecule has 0 aliphatic rings. The summed E-state index contributed by atoms with van der Waals surface area (Å²) >= 11 is 2.60. The van der Waals surface area contributed by atoms with Crippen LogP contribution in [0.5, 0.6) is 0 Å². The number of carbonyl (C=O) groups excluding carboxylic acids is 2. The number of ketones is 1. The molecule has 0 atom stereocenters. The average molecular weight is 421 g/mol. The van der Waals surface area contributed by atoms with E-state index in [1.54, 1.807) is 25.3 Å². The highest BCUT2D eigenvalue weighted by Crippen LogP contribution is 2.28. The fourth-order valence-corrected chi connectivity index (χ4v) is 4.61. The first-order chi connectivity index (χ1) is 13.4. The van der Waals surface area contributed by atoms with Crippen LogP contribution in [-0.2, 0) is 20.9 Å². The Morgan fingerprint density at radius 3 is 2.82 bits per heavy atom. The molecule has 0 saturated heterocycles. The molecule has 0 aromatic carbocycles. The minimum Gasteiger partial charge on any atom is -0.467 e. The van der Waals surface area contributed by atoms with Gasteiger partial charge in [-0.2, -0.15) is 0 Å². The Hall–Kier alpha value is -2.39. The number of aromatic nitrogens is 2. The molecule has 0 aliphatic carbocycles. The first kappa shape index (κ1) is 20.3. The van der Waals surface area contributed by atoms with Gasteiger partial charge < -0.3 is 9.15 Å². The van der Waals surface area contributed by atoms with Crippen LogP contribution in [-0.4, -0.2) is 33.7 Å². The van der Waals surface area contributed by atoms with E-state index in [2.05, 4.69) is 4.98 Å². The van der Waals surface area contributed by atoms with Crippen molar-refractivity contribution in [2.75, 3.05) is 12.4 Å². The van der Waals surface area contributed by atoms with E-state index < -0.39 is 5.97 Å². The van der Waals surface area contributed by atoms with Gasteiger partial charge in [-0.15, -0.1) is 11.3 Å². The molecule has 3 aromatic heterocycles. The highest BCUT2D eigenvalue weighted by atomic mass is 32.2. The molecule has 0 fully saturated rings. The van der Waals surface area contributed by atoms with Gasteiger partial charge in [0.25, 0.3) is 5.56 Å². The van der Waals surface area contributed by atoms with Crippen LogP contribution in [0.4, 0.5) is 0 Å². The third kappa shape index (κ3) is 4.36. The van der Waals surface area contributed by atoms with E-state index in [1.165, 1.54) is 15.9 Å². The van der Waals surface area contributed by atoms with Gasteiger partial charge in [-0.25, -0.2) is 4.98 Å². The smallest absolute Gasteiger partial charge is 0.313 e. The highest BCUT2D eigenvalue weighted by molar-refractivity contribution is 7.99. The molecule has 7 nitrogen and oxygen atoms in total. The SMILES string of the molecule is CCOC(=O)CC(=O)CSc1nc2sc(C)c(C)c2c(=O)n1Cc1ccco1. The molecular formula is C19H20N2O5S2. The number of ether oxygens (including phenoxy) is 1. The van der Waals surface area contributed by atoms with Gasteiger partial charge in [0.2, 0.25) is 0 Å². The standard InChI is InChI=1S/C19H20N2O5S2/c1-4-25-15(23)8-13(22)10-27-19-20-17-16(11(2)12(3)28-17)18(24)21(19)9-14-6-5-7-26-14/h5-7H,4,8-10H2,1-3H3. The van der Waals surface area contributed by atoms with Gasteiger partial charge >= 0.3 is 5.97 Å². The molecule has 0 amide bonds. The van der Waals surface area contributed by atoms with Crippen LogP contribution in [0.3, 0.4) is 0 Å². The first-order valence-electron chi connectivity index (χ1n) is 8.73. The molecule has 28 heavy (non-hydrogen) atoms. The topological polar surface area (TPSA) is 91.4 Å². The molecular weight excluding hydrogens is 400 g/mol. The zero-order valence-electron chi connectivity index (χ0n) is 15.8. The summed E-state index contributed by atoms with van der Waals surface area (Å²) in [5.41, 5.74) is 0.754. The Kier molecular flexibility index (Phi) is 6.35. The maximum atomic E-state index is 13.1. The number of fused-ring (bicyclic) bond motifs is 1. The molecule has 0 saturated carbocycles. The lowest BCUT2D eigenvalue weighted by atomic mass is 10.2. The number of nitrogens with zero attached hydrogens (tertiary/aromatic N) is 2. The number of esters is 1. The van der Waals surface area contributed by atoms with Crippen molar-refractivity contribution in [3.63, 3.8) is 0 Å². The van der Waals surface area contributed by atoms with E-state index in [4.69, 9.17) is 9.15 Å². The lowest BCUT2D eigenvalue weighted by Crippen LogP contribution is -2.24. The Labute approximate surface area is 169 Å². The summed E-state index contributed by atoms with van der Waals surface area (Å²) in [4.78, 5) is 43.0. The van der Waals surface area contributed by atoms with Gasteiger partial charge in [-0.1, -0.05) is 11.8 Å². The molecule has 0 N–H and O–H groups in total. The van der Waals surface area contributed by atoms with Crippen LogP contribution in [0.2, 0.25) is 0 Å². The molecule has 3 aromatic rings. The van der Waals surface area contributed by atoms with Gasteiger partial charge in [0.05, 0.1) is 30.6 Å². The average Bonchev–Trinajstić information content (AvgIpc) is 3.24. The molecule has 0 radical (unpaired) electrons. The number of hydrogen-bond donors (Lipinski definition) is 0. The van der Waals surface area contributed by atoms with E-state index in [0.29, 0.717) is 21.1 Å². The summed E-state index contributed by atoms with van der Waals surface area (Å²) in [6.45, 7) is 6.00. The predicted molar refractivity (Wildman–Crippen MR) is 108 cm³/mol. The van der Waals surface area contributed by atoms with E-state index in [9.17, 15) is 14.4 Å². The number of thioether (sulfide) groups is 1. The van der Waals surface area contributed by atoms with Gasteiger partial charge in [-0.3, -0.25) is 19.0 Å². The second kappa shape index (κ2) is 8.74. The normalized spacial score (nSPS) is 11.1. The minimum absolute atomic E-state index is 0.0260. The Balaban J connectivity index is 1.92. The van der Waals surface area contributed by atoms with Crippen molar-refractivity contribution in [3.05, 3.63) is 45.0 Å². The largest absolute Gasteiger partial charge is 0.467 e. The van der Waals surface area contributed by atoms with Gasteiger partial charge in [-0.05, 0) is 38.5 Å². The summed E-state index contributed by atoms with van der Waals surface area (Å²) in [5.74, 6) is -0.180. The summed E-state index contributed by atoms with van der Waals surface area (Å²) in [6, 6.07) is 3.53.